The summed E-state index contributed by atoms with van der Waals surface area (Å²) in [4.78, 5) is 11.2. The van der Waals surface area contributed by atoms with Crippen molar-refractivity contribution in [3.05, 3.63) is 35.9 Å². The summed E-state index contributed by atoms with van der Waals surface area (Å²) in [6, 6.07) is 10.3. The molecule has 0 radical (unpaired) electrons. The number of thioether (sulfide) groups is 1. The Balaban J connectivity index is 2.10. The van der Waals surface area contributed by atoms with E-state index < -0.39 is 0 Å². The zero-order chi connectivity index (χ0) is 13.2. The maximum Gasteiger partial charge on any atom is 0.315 e. The Morgan fingerprint density at radius 2 is 2.11 bits per heavy atom. The molecule has 0 aliphatic rings. The molecule has 0 aliphatic carbocycles. The lowest BCUT2D eigenvalue weighted by Crippen LogP contribution is -2.23. The maximum absolute atomic E-state index is 11.2. The molecule has 100 valence electrons. The summed E-state index contributed by atoms with van der Waals surface area (Å²) in [7, 11) is 0. The van der Waals surface area contributed by atoms with Crippen molar-refractivity contribution in [2.24, 2.45) is 0 Å². The minimum absolute atomic E-state index is 0.127. The van der Waals surface area contributed by atoms with Crippen LogP contribution in [0.4, 0.5) is 0 Å². The van der Waals surface area contributed by atoms with Gasteiger partial charge in [0.1, 0.15) is 0 Å². The van der Waals surface area contributed by atoms with Crippen molar-refractivity contribution in [2.75, 3.05) is 18.9 Å². The van der Waals surface area contributed by atoms with Crippen molar-refractivity contribution in [1.29, 1.82) is 0 Å². The van der Waals surface area contributed by atoms with E-state index in [1.54, 1.807) is 11.8 Å². The van der Waals surface area contributed by atoms with E-state index in [9.17, 15) is 4.79 Å². The highest BCUT2D eigenvalue weighted by Gasteiger charge is 2.07. The van der Waals surface area contributed by atoms with Gasteiger partial charge in [0.2, 0.25) is 0 Å². The van der Waals surface area contributed by atoms with E-state index in [4.69, 9.17) is 4.74 Å². The molecule has 0 saturated heterocycles. The van der Waals surface area contributed by atoms with Crippen LogP contribution in [0.25, 0.3) is 0 Å². The van der Waals surface area contributed by atoms with Gasteiger partial charge in [-0.2, -0.15) is 0 Å². The summed E-state index contributed by atoms with van der Waals surface area (Å²) < 4.78 is 4.89. The second-order valence-corrected chi connectivity index (χ2v) is 5.47. The third kappa shape index (κ3) is 6.67. The lowest BCUT2D eigenvalue weighted by atomic mass is 10.2. The van der Waals surface area contributed by atoms with Crippen LogP contribution < -0.4 is 5.32 Å². The van der Waals surface area contributed by atoms with E-state index in [0.717, 1.165) is 13.1 Å². The van der Waals surface area contributed by atoms with Gasteiger partial charge in [0.15, 0.2) is 0 Å². The second-order valence-electron chi connectivity index (χ2n) is 4.04. The van der Waals surface area contributed by atoms with Gasteiger partial charge in [-0.15, -0.1) is 11.8 Å². The zero-order valence-corrected chi connectivity index (χ0v) is 11.8. The summed E-state index contributed by atoms with van der Waals surface area (Å²) >= 11 is 1.62. The van der Waals surface area contributed by atoms with Crippen LogP contribution in [-0.4, -0.2) is 30.1 Å². The fraction of sp³-hybridized carbons (Fsp3) is 0.500. The molecule has 3 nitrogen and oxygen atoms in total. The molecule has 1 atom stereocenters. The molecule has 0 saturated carbocycles. The number of hydrogen-bond donors (Lipinski definition) is 1. The van der Waals surface area contributed by atoms with Gasteiger partial charge in [-0.25, -0.2) is 0 Å². The molecular formula is C14H21NO2S. The van der Waals surface area contributed by atoms with Gasteiger partial charge in [-0.3, -0.25) is 4.79 Å². The summed E-state index contributed by atoms with van der Waals surface area (Å²) in [6.07, 6.45) is 0. The first kappa shape index (κ1) is 15.1. The molecule has 1 unspecified atom stereocenters. The Labute approximate surface area is 113 Å². The highest BCUT2D eigenvalue weighted by molar-refractivity contribution is 8.00. The number of rotatable bonds is 8. The Hall–Kier alpha value is -1.00. The molecule has 1 N–H and O–H groups in total. The number of hydrogen-bond acceptors (Lipinski definition) is 4. The molecule has 18 heavy (non-hydrogen) atoms. The van der Waals surface area contributed by atoms with Crippen LogP contribution >= 0.6 is 11.8 Å². The van der Waals surface area contributed by atoms with E-state index in [1.807, 2.05) is 25.1 Å². The third-order valence-corrected chi connectivity index (χ3v) is 3.53. The molecule has 1 aromatic rings. The SMILES string of the molecule is CCOC(=O)CSC(C)CNCc1ccccc1. The number of esters is 1. The fourth-order valence-electron chi connectivity index (χ4n) is 1.49. The lowest BCUT2D eigenvalue weighted by Gasteiger charge is -2.12. The first-order valence-corrected chi connectivity index (χ1v) is 7.29. The maximum atomic E-state index is 11.2. The molecule has 0 fully saturated rings. The van der Waals surface area contributed by atoms with Crippen LogP contribution in [0.5, 0.6) is 0 Å². The van der Waals surface area contributed by atoms with Crippen LogP contribution in [0.15, 0.2) is 30.3 Å². The van der Waals surface area contributed by atoms with E-state index in [1.165, 1.54) is 5.56 Å². The van der Waals surface area contributed by atoms with Gasteiger partial charge in [-0.1, -0.05) is 37.3 Å². The topological polar surface area (TPSA) is 38.3 Å². The molecule has 1 aromatic carbocycles. The van der Waals surface area contributed by atoms with Crippen molar-refractivity contribution in [3.63, 3.8) is 0 Å². The average Bonchev–Trinajstić information content (AvgIpc) is 2.38. The minimum atomic E-state index is -0.127. The van der Waals surface area contributed by atoms with Gasteiger partial charge in [0.25, 0.3) is 0 Å². The molecule has 4 heteroatoms. The normalized spacial score (nSPS) is 12.1. The fourth-order valence-corrected chi connectivity index (χ4v) is 2.23. The number of nitrogens with one attached hydrogen (secondary N) is 1. The van der Waals surface area contributed by atoms with Crippen LogP contribution in [-0.2, 0) is 16.1 Å². The highest BCUT2D eigenvalue weighted by Crippen LogP contribution is 2.09. The number of carbonyl (C=O) groups is 1. The Morgan fingerprint density at radius 1 is 1.39 bits per heavy atom. The van der Waals surface area contributed by atoms with E-state index >= 15 is 0 Å². The van der Waals surface area contributed by atoms with Gasteiger partial charge in [0.05, 0.1) is 12.4 Å². The molecule has 0 spiro atoms. The molecule has 0 aromatic heterocycles. The van der Waals surface area contributed by atoms with Crippen molar-refractivity contribution in [3.8, 4) is 0 Å². The first-order valence-electron chi connectivity index (χ1n) is 6.24. The average molecular weight is 267 g/mol. The number of benzene rings is 1. The second kappa shape index (κ2) is 9.00. The summed E-state index contributed by atoms with van der Waals surface area (Å²) in [5.74, 6) is 0.305. The van der Waals surface area contributed by atoms with Crippen LogP contribution in [0.3, 0.4) is 0 Å². The van der Waals surface area contributed by atoms with E-state index in [0.29, 0.717) is 17.6 Å². The summed E-state index contributed by atoms with van der Waals surface area (Å²) in [5.41, 5.74) is 1.28. The van der Waals surface area contributed by atoms with E-state index in [-0.39, 0.29) is 5.97 Å². The number of carbonyl (C=O) groups excluding carboxylic acids is 1. The Morgan fingerprint density at radius 3 is 2.78 bits per heavy atom. The van der Waals surface area contributed by atoms with Gasteiger partial charge < -0.3 is 10.1 Å². The van der Waals surface area contributed by atoms with Crippen molar-refractivity contribution in [1.82, 2.24) is 5.32 Å². The highest BCUT2D eigenvalue weighted by atomic mass is 32.2. The van der Waals surface area contributed by atoms with Gasteiger partial charge in [-0.05, 0) is 12.5 Å². The smallest absolute Gasteiger partial charge is 0.315 e. The predicted molar refractivity (Wildman–Crippen MR) is 76.7 cm³/mol. The molecule has 0 bridgehead atoms. The largest absolute Gasteiger partial charge is 0.465 e. The van der Waals surface area contributed by atoms with Gasteiger partial charge >= 0.3 is 5.97 Å². The van der Waals surface area contributed by atoms with Crippen LogP contribution in [0, 0.1) is 0 Å². The lowest BCUT2D eigenvalue weighted by molar-refractivity contribution is -0.139. The molecular weight excluding hydrogens is 246 g/mol. The van der Waals surface area contributed by atoms with Crippen LogP contribution in [0.1, 0.15) is 19.4 Å². The Bertz CT molecular complexity index is 343. The molecule has 0 heterocycles. The van der Waals surface area contributed by atoms with Crippen molar-refractivity contribution in [2.45, 2.75) is 25.6 Å². The Kier molecular flexibility index (Phi) is 7.53. The third-order valence-electron chi connectivity index (χ3n) is 2.39. The van der Waals surface area contributed by atoms with Gasteiger partial charge in [0, 0.05) is 18.3 Å². The zero-order valence-electron chi connectivity index (χ0n) is 11.0. The number of ether oxygens (including phenoxy) is 1. The van der Waals surface area contributed by atoms with E-state index in [2.05, 4.69) is 24.4 Å². The standard InChI is InChI=1S/C14H21NO2S/c1-3-17-14(16)11-18-12(2)9-15-10-13-7-5-4-6-8-13/h4-8,12,15H,3,9-11H2,1-2H3. The summed E-state index contributed by atoms with van der Waals surface area (Å²) in [5, 5.41) is 3.79. The van der Waals surface area contributed by atoms with Crippen molar-refractivity contribution < 1.29 is 9.53 Å². The van der Waals surface area contributed by atoms with Crippen molar-refractivity contribution >= 4 is 17.7 Å². The summed E-state index contributed by atoms with van der Waals surface area (Å²) in [6.45, 7) is 6.15. The van der Waals surface area contributed by atoms with Crippen LogP contribution in [0.2, 0.25) is 0 Å². The molecule has 1 rings (SSSR count). The minimum Gasteiger partial charge on any atom is -0.465 e. The predicted octanol–water partition coefficient (Wildman–Crippen LogP) is 2.46. The quantitative estimate of drug-likeness (QED) is 0.734. The molecule has 0 amide bonds. The monoisotopic (exact) mass is 267 g/mol. The first-order chi connectivity index (χ1) is 8.72. The molecule has 0 aliphatic heterocycles.